The number of hydrogen-bond acceptors (Lipinski definition) is 1. The van der Waals surface area contributed by atoms with Gasteiger partial charge in [-0.2, -0.15) is 0 Å². The molecule has 3 heteroatoms. The maximum absolute atomic E-state index is 11.6. The topological polar surface area (TPSA) is 20.3 Å². The number of nitrogens with zero attached hydrogens (tertiary/aromatic N) is 1. The summed E-state index contributed by atoms with van der Waals surface area (Å²) in [5, 5.41) is 0. The van der Waals surface area contributed by atoms with Crippen molar-refractivity contribution in [2.75, 3.05) is 7.05 Å². The van der Waals surface area contributed by atoms with E-state index in [-0.39, 0.29) is 0 Å². The predicted octanol–water partition coefficient (Wildman–Crippen LogP) is 2.37. The third kappa shape index (κ3) is 3.06. The Hall–Kier alpha value is -0.313. The molecule has 0 aromatic heterocycles. The minimum Gasteiger partial charge on any atom is -0.348 e. The molecule has 0 unspecified atom stereocenters. The highest BCUT2D eigenvalue weighted by molar-refractivity contribution is 7.03. The third-order valence-corrected chi connectivity index (χ3v) is 3.37. The number of amides is 1. The van der Waals surface area contributed by atoms with E-state index in [0.717, 1.165) is 0 Å². The van der Waals surface area contributed by atoms with Gasteiger partial charge in [-0.25, -0.2) is 0 Å². The van der Waals surface area contributed by atoms with Gasteiger partial charge in [0.2, 0.25) is 0 Å². The maximum atomic E-state index is 11.6. The Bertz CT molecular complexity index is 149. The first-order valence-corrected chi connectivity index (χ1v) is 7.54. The van der Waals surface area contributed by atoms with E-state index in [1.54, 1.807) is 0 Å². The van der Waals surface area contributed by atoms with Gasteiger partial charge in [-0.1, -0.05) is 19.6 Å². The van der Waals surface area contributed by atoms with Crippen LogP contribution in [0.5, 0.6) is 0 Å². The van der Waals surface area contributed by atoms with E-state index in [1.165, 1.54) is 0 Å². The Balaban J connectivity index is 4.26. The first kappa shape index (κ1) is 10.7. The van der Waals surface area contributed by atoms with E-state index < -0.39 is 8.07 Å². The summed E-state index contributed by atoms with van der Waals surface area (Å²) < 4.78 is 0. The van der Waals surface area contributed by atoms with Gasteiger partial charge < -0.3 is 4.90 Å². The second-order valence-electron chi connectivity index (χ2n) is 4.26. The second-order valence-corrected chi connectivity index (χ2v) is 9.19. The molecule has 0 atom stereocenters. The molecule has 0 bridgehead atoms. The zero-order valence-corrected chi connectivity index (χ0v) is 9.43. The molecule has 0 aromatic rings. The quantitative estimate of drug-likeness (QED) is 0.587. The number of carbonyl (C=O) groups is 1. The molecule has 0 spiro atoms. The van der Waals surface area contributed by atoms with Crippen molar-refractivity contribution >= 4 is 13.6 Å². The van der Waals surface area contributed by atoms with Crippen molar-refractivity contribution in [2.45, 2.75) is 39.5 Å². The summed E-state index contributed by atoms with van der Waals surface area (Å²) in [4.78, 5) is 13.4. The van der Waals surface area contributed by atoms with Crippen molar-refractivity contribution in [3.63, 3.8) is 0 Å². The lowest BCUT2D eigenvalue weighted by atomic mass is 10.4. The lowest BCUT2D eigenvalue weighted by Crippen LogP contribution is -2.46. The van der Waals surface area contributed by atoms with E-state index in [0.29, 0.717) is 11.6 Å². The van der Waals surface area contributed by atoms with E-state index in [4.69, 9.17) is 0 Å². The van der Waals surface area contributed by atoms with Crippen LogP contribution in [0.2, 0.25) is 19.6 Å². The summed E-state index contributed by atoms with van der Waals surface area (Å²) in [5.74, 6) is 0. The van der Waals surface area contributed by atoms with Crippen LogP contribution in [-0.4, -0.2) is 31.6 Å². The lowest BCUT2D eigenvalue weighted by Gasteiger charge is -2.27. The minimum atomic E-state index is -1.60. The molecule has 0 fully saturated rings. The van der Waals surface area contributed by atoms with Gasteiger partial charge in [-0.3, -0.25) is 4.79 Å². The van der Waals surface area contributed by atoms with Crippen molar-refractivity contribution in [3.8, 4) is 0 Å². The summed E-state index contributed by atoms with van der Waals surface area (Å²) >= 11 is 0. The lowest BCUT2D eigenvalue weighted by molar-refractivity contribution is 0.219. The molecule has 1 amide bonds. The summed E-state index contributed by atoms with van der Waals surface area (Å²) in [6.07, 6.45) is 0. The van der Waals surface area contributed by atoms with Gasteiger partial charge in [-0.05, 0) is 13.8 Å². The van der Waals surface area contributed by atoms with Gasteiger partial charge in [0, 0.05) is 13.1 Å². The van der Waals surface area contributed by atoms with Gasteiger partial charge in [0.25, 0.3) is 0 Å². The number of carbonyl (C=O) groups excluding carboxylic acids is 1. The standard InChI is InChI=1S/C8H19NOSi/c1-7(2)9(3)8(10)11(4,5)6/h7H,1-6H3. The van der Waals surface area contributed by atoms with Crippen molar-refractivity contribution in [3.05, 3.63) is 0 Å². The molecule has 0 aliphatic heterocycles. The Morgan fingerprint density at radius 3 is 1.73 bits per heavy atom. The first-order valence-electron chi connectivity index (χ1n) is 4.04. The number of rotatable bonds is 2. The van der Waals surface area contributed by atoms with Crippen LogP contribution in [0, 0.1) is 0 Å². The van der Waals surface area contributed by atoms with Gasteiger partial charge >= 0.3 is 0 Å². The molecule has 0 saturated heterocycles. The molecule has 0 rings (SSSR count). The summed E-state index contributed by atoms with van der Waals surface area (Å²) in [6, 6.07) is 0.328. The normalized spacial score (nSPS) is 11.9. The summed E-state index contributed by atoms with van der Waals surface area (Å²) in [6.45, 7) is 10.3. The third-order valence-electron chi connectivity index (χ3n) is 1.74. The molecular formula is C8H19NOSi. The van der Waals surface area contributed by atoms with Crippen LogP contribution in [0.3, 0.4) is 0 Å². The highest BCUT2D eigenvalue weighted by Crippen LogP contribution is 2.08. The molecule has 0 aliphatic rings. The van der Waals surface area contributed by atoms with E-state index >= 15 is 0 Å². The molecule has 0 heterocycles. The minimum absolute atomic E-state index is 0.328. The average Bonchev–Trinajstić information content (AvgIpc) is 1.82. The van der Waals surface area contributed by atoms with Crippen LogP contribution < -0.4 is 0 Å². The molecule has 2 nitrogen and oxygen atoms in total. The summed E-state index contributed by atoms with van der Waals surface area (Å²) in [5.41, 5.74) is 0.340. The van der Waals surface area contributed by atoms with E-state index in [9.17, 15) is 4.79 Å². The Morgan fingerprint density at radius 1 is 1.27 bits per heavy atom. The summed E-state index contributed by atoms with van der Waals surface area (Å²) in [7, 11) is 0.281. The second kappa shape index (κ2) is 3.39. The highest BCUT2D eigenvalue weighted by atomic mass is 28.3. The monoisotopic (exact) mass is 173 g/mol. The van der Waals surface area contributed by atoms with Crippen molar-refractivity contribution in [1.82, 2.24) is 4.90 Å². The fourth-order valence-corrected chi connectivity index (χ4v) is 2.08. The smallest absolute Gasteiger partial charge is 0.194 e. The van der Waals surface area contributed by atoms with Gasteiger partial charge in [-0.15, -0.1) is 0 Å². The van der Waals surface area contributed by atoms with Crippen LogP contribution in [0.25, 0.3) is 0 Å². The Labute approximate surface area is 70.6 Å². The van der Waals surface area contributed by atoms with Crippen LogP contribution in [0.4, 0.5) is 4.79 Å². The average molecular weight is 173 g/mol. The molecule has 0 N–H and O–H groups in total. The Morgan fingerprint density at radius 2 is 1.64 bits per heavy atom. The van der Waals surface area contributed by atoms with Gasteiger partial charge in [0.15, 0.2) is 13.6 Å². The van der Waals surface area contributed by atoms with Gasteiger partial charge in [0.1, 0.15) is 0 Å². The van der Waals surface area contributed by atoms with Gasteiger partial charge in [0.05, 0.1) is 0 Å². The molecule has 0 aromatic carbocycles. The SMILES string of the molecule is CC(C)N(C)C(=O)[Si](C)(C)C. The molecule has 0 saturated carbocycles. The van der Waals surface area contributed by atoms with E-state index in [2.05, 4.69) is 19.6 Å². The highest BCUT2D eigenvalue weighted by Gasteiger charge is 2.28. The number of hydrogen-bond donors (Lipinski definition) is 0. The molecule has 0 radical (unpaired) electrons. The zero-order chi connectivity index (χ0) is 9.23. The van der Waals surface area contributed by atoms with Crippen LogP contribution in [0.1, 0.15) is 13.8 Å². The van der Waals surface area contributed by atoms with Crippen molar-refractivity contribution in [2.24, 2.45) is 0 Å². The van der Waals surface area contributed by atoms with Crippen LogP contribution in [0.15, 0.2) is 0 Å². The molecule has 11 heavy (non-hydrogen) atoms. The van der Waals surface area contributed by atoms with Crippen LogP contribution >= 0.6 is 0 Å². The fourth-order valence-electron chi connectivity index (χ4n) is 0.764. The Kier molecular flexibility index (Phi) is 3.29. The maximum Gasteiger partial charge on any atom is 0.194 e. The molecule has 66 valence electrons. The fraction of sp³-hybridized carbons (Fsp3) is 0.875. The molecular weight excluding hydrogens is 154 g/mol. The van der Waals surface area contributed by atoms with Crippen LogP contribution in [-0.2, 0) is 0 Å². The predicted molar refractivity (Wildman–Crippen MR) is 51.6 cm³/mol. The van der Waals surface area contributed by atoms with Crippen molar-refractivity contribution < 1.29 is 4.79 Å². The van der Waals surface area contributed by atoms with Crippen molar-refractivity contribution in [1.29, 1.82) is 0 Å². The first-order chi connectivity index (χ1) is 4.76. The molecule has 0 aliphatic carbocycles. The zero-order valence-electron chi connectivity index (χ0n) is 8.43. The van der Waals surface area contributed by atoms with E-state index in [1.807, 2.05) is 25.8 Å². The largest absolute Gasteiger partial charge is 0.348 e.